The van der Waals surface area contributed by atoms with Crippen LogP contribution in [0.4, 0.5) is 8.78 Å². The van der Waals surface area contributed by atoms with Gasteiger partial charge in [-0.1, -0.05) is 41.9 Å². The van der Waals surface area contributed by atoms with Crippen molar-refractivity contribution in [2.45, 2.75) is 45.1 Å². The molecule has 6 heteroatoms. The van der Waals surface area contributed by atoms with Crippen LogP contribution in [0, 0.1) is 34.3 Å². The van der Waals surface area contributed by atoms with Crippen molar-refractivity contribution in [3.05, 3.63) is 68.7 Å². The molecule has 30 heavy (non-hydrogen) atoms. The summed E-state index contributed by atoms with van der Waals surface area (Å²) in [5, 5.41) is 10.1. The fourth-order valence-electron chi connectivity index (χ4n) is 6.28. The fraction of sp³-hybridized carbons (Fsp3) is 0.458. The van der Waals surface area contributed by atoms with Gasteiger partial charge in [0.1, 0.15) is 11.4 Å². The summed E-state index contributed by atoms with van der Waals surface area (Å²) in [4.78, 5) is 6.69. The van der Waals surface area contributed by atoms with Gasteiger partial charge in [0.15, 0.2) is 11.6 Å². The van der Waals surface area contributed by atoms with Crippen LogP contribution < -0.4 is 0 Å². The molecule has 2 aromatic carbocycles. The molecule has 3 nitrogen and oxygen atoms in total. The van der Waals surface area contributed by atoms with Crippen LogP contribution in [0.3, 0.4) is 0 Å². The Morgan fingerprint density at radius 1 is 1.13 bits per heavy atom. The summed E-state index contributed by atoms with van der Waals surface area (Å²) in [5.74, 6) is -0.946. The molecule has 0 saturated carbocycles. The molecule has 3 aliphatic rings. The van der Waals surface area contributed by atoms with E-state index >= 15 is 0 Å². The minimum absolute atomic E-state index is 0.0110. The first kappa shape index (κ1) is 20.1. The lowest BCUT2D eigenvalue weighted by molar-refractivity contribution is -0.293. The standard InChI is InChI=1S/C24H25BrF2N2O/c1-13-14(2)24(30-29(3)22(13)28)19-10-17(25)6-4-16(19)12-23(24)9-8-18-15(11-23)5-7-20(26)21(18)27/h4-7,10,13-14,28H,8-9,11-12H2,1-3H3. The molecule has 4 atom stereocenters. The molecule has 1 fully saturated rings. The lowest BCUT2D eigenvalue weighted by Gasteiger charge is -2.57. The average Bonchev–Trinajstić information content (AvgIpc) is 2.97. The second-order valence-corrected chi connectivity index (χ2v) is 10.1. The second-order valence-electron chi connectivity index (χ2n) is 9.22. The van der Waals surface area contributed by atoms with E-state index < -0.39 is 17.2 Å². The van der Waals surface area contributed by atoms with Gasteiger partial charge in [0.25, 0.3) is 0 Å². The number of benzene rings is 2. The Balaban J connectivity index is 1.72. The Morgan fingerprint density at radius 2 is 1.83 bits per heavy atom. The number of hydrogen-bond donors (Lipinski definition) is 1. The number of rotatable bonds is 0. The first-order valence-electron chi connectivity index (χ1n) is 10.5. The van der Waals surface area contributed by atoms with Gasteiger partial charge in [0.2, 0.25) is 0 Å². The van der Waals surface area contributed by atoms with Gasteiger partial charge in [-0.2, -0.15) is 0 Å². The van der Waals surface area contributed by atoms with Crippen molar-refractivity contribution >= 4 is 21.8 Å². The number of halogens is 3. The third-order valence-corrected chi connectivity index (χ3v) is 8.40. The smallest absolute Gasteiger partial charge is 0.162 e. The van der Waals surface area contributed by atoms with E-state index in [1.54, 1.807) is 11.1 Å². The molecule has 2 spiro atoms. The summed E-state index contributed by atoms with van der Waals surface area (Å²) >= 11 is 3.63. The molecule has 4 unspecified atom stereocenters. The second kappa shape index (κ2) is 6.60. The maximum Gasteiger partial charge on any atom is 0.162 e. The fourth-order valence-corrected chi connectivity index (χ4v) is 6.64. The van der Waals surface area contributed by atoms with Crippen LogP contribution in [0.2, 0.25) is 0 Å². The minimum Gasteiger partial charge on any atom is -0.286 e. The zero-order valence-electron chi connectivity index (χ0n) is 17.4. The normalized spacial score (nSPS) is 32.6. The van der Waals surface area contributed by atoms with Gasteiger partial charge >= 0.3 is 0 Å². The quantitative estimate of drug-likeness (QED) is 0.525. The Hall–Kier alpha value is -1.79. The lowest BCUT2D eigenvalue weighted by Crippen LogP contribution is -2.61. The van der Waals surface area contributed by atoms with Gasteiger partial charge in [0.05, 0.1) is 0 Å². The van der Waals surface area contributed by atoms with Crippen LogP contribution in [0.5, 0.6) is 0 Å². The number of hydrogen-bond acceptors (Lipinski definition) is 2. The highest BCUT2D eigenvalue weighted by atomic mass is 79.9. The first-order valence-corrected chi connectivity index (χ1v) is 11.3. The minimum atomic E-state index is -0.776. The number of nitrogens with zero attached hydrogens (tertiary/aromatic N) is 1. The summed E-state index contributed by atoms with van der Waals surface area (Å²) in [6, 6.07) is 9.34. The van der Waals surface area contributed by atoms with Crippen molar-refractivity contribution in [2.75, 3.05) is 7.05 Å². The Kier molecular flexibility index (Phi) is 4.43. The van der Waals surface area contributed by atoms with Gasteiger partial charge in [-0.3, -0.25) is 10.2 Å². The van der Waals surface area contributed by atoms with Crippen molar-refractivity contribution in [3.8, 4) is 0 Å². The summed E-state index contributed by atoms with van der Waals surface area (Å²) in [7, 11) is 1.81. The number of fused-ring (bicyclic) bond motifs is 4. The topological polar surface area (TPSA) is 36.3 Å². The molecule has 5 rings (SSSR count). The molecule has 2 aliphatic carbocycles. The van der Waals surface area contributed by atoms with E-state index in [1.807, 2.05) is 7.05 Å². The molecular formula is C24H25BrF2N2O. The van der Waals surface area contributed by atoms with E-state index in [-0.39, 0.29) is 17.3 Å². The van der Waals surface area contributed by atoms with Crippen LogP contribution in [-0.4, -0.2) is 17.9 Å². The summed E-state index contributed by atoms with van der Waals surface area (Å²) in [6.45, 7) is 4.26. The highest BCUT2D eigenvalue weighted by Gasteiger charge is 2.65. The molecule has 1 heterocycles. The van der Waals surface area contributed by atoms with E-state index in [0.717, 1.165) is 22.0 Å². The van der Waals surface area contributed by atoms with E-state index in [9.17, 15) is 8.78 Å². The molecule has 0 amide bonds. The van der Waals surface area contributed by atoms with Gasteiger partial charge < -0.3 is 0 Å². The molecular weight excluding hydrogens is 450 g/mol. The molecule has 0 radical (unpaired) electrons. The van der Waals surface area contributed by atoms with Crippen molar-refractivity contribution in [1.82, 2.24) is 5.06 Å². The van der Waals surface area contributed by atoms with Gasteiger partial charge in [-0.05, 0) is 66.1 Å². The van der Waals surface area contributed by atoms with Crippen LogP contribution in [0.15, 0.2) is 34.8 Å². The van der Waals surface area contributed by atoms with Gasteiger partial charge in [-0.15, -0.1) is 0 Å². The predicted octanol–water partition coefficient (Wildman–Crippen LogP) is 5.78. The first-order chi connectivity index (χ1) is 14.2. The largest absolute Gasteiger partial charge is 0.286 e. The monoisotopic (exact) mass is 474 g/mol. The number of nitrogens with one attached hydrogen (secondary N) is 1. The van der Waals surface area contributed by atoms with Crippen LogP contribution in [-0.2, 0) is 29.7 Å². The third kappa shape index (κ3) is 2.46. The van der Waals surface area contributed by atoms with Crippen molar-refractivity contribution in [2.24, 2.45) is 17.3 Å². The van der Waals surface area contributed by atoms with Crippen LogP contribution in [0.1, 0.15) is 42.5 Å². The van der Waals surface area contributed by atoms with Crippen LogP contribution >= 0.6 is 15.9 Å². The van der Waals surface area contributed by atoms with E-state index in [0.29, 0.717) is 30.7 Å². The summed E-state index contributed by atoms with van der Waals surface area (Å²) < 4.78 is 29.4. The van der Waals surface area contributed by atoms with Crippen molar-refractivity contribution in [1.29, 1.82) is 5.41 Å². The lowest BCUT2D eigenvalue weighted by atomic mass is 9.56. The van der Waals surface area contributed by atoms with E-state index in [1.165, 1.54) is 11.6 Å². The Labute approximate surface area is 184 Å². The molecule has 1 aliphatic heterocycles. The zero-order valence-corrected chi connectivity index (χ0v) is 18.9. The third-order valence-electron chi connectivity index (χ3n) is 7.91. The van der Waals surface area contributed by atoms with Gasteiger partial charge in [-0.25, -0.2) is 13.8 Å². The highest BCUT2D eigenvalue weighted by Crippen LogP contribution is 2.64. The zero-order chi connectivity index (χ0) is 21.4. The molecule has 0 bridgehead atoms. The van der Waals surface area contributed by atoms with E-state index in [4.69, 9.17) is 10.2 Å². The Bertz CT molecular complexity index is 1070. The van der Waals surface area contributed by atoms with Crippen LogP contribution in [0.25, 0.3) is 0 Å². The summed E-state index contributed by atoms with van der Waals surface area (Å²) in [6.07, 6.45) is 2.66. The maximum atomic E-state index is 14.5. The number of amidine groups is 1. The predicted molar refractivity (Wildman–Crippen MR) is 115 cm³/mol. The molecule has 2 aromatic rings. The maximum absolute atomic E-state index is 14.5. The van der Waals surface area contributed by atoms with E-state index in [2.05, 4.69) is 48.0 Å². The Morgan fingerprint density at radius 3 is 2.60 bits per heavy atom. The molecule has 1 N–H and O–H groups in total. The van der Waals surface area contributed by atoms with Crippen molar-refractivity contribution < 1.29 is 13.6 Å². The average molecular weight is 475 g/mol. The summed E-state index contributed by atoms with van der Waals surface area (Å²) in [5.41, 5.74) is 2.86. The van der Waals surface area contributed by atoms with Crippen molar-refractivity contribution in [3.63, 3.8) is 0 Å². The van der Waals surface area contributed by atoms with Gasteiger partial charge in [0, 0.05) is 28.8 Å². The number of hydroxylamine groups is 2. The molecule has 158 valence electrons. The molecule has 1 saturated heterocycles. The SMILES string of the molecule is CC1C(=N)N(C)OC2(c3cc(Br)ccc3CC23CCc2c(ccc(F)c2F)C3)C1C. The highest BCUT2D eigenvalue weighted by molar-refractivity contribution is 9.10. The molecule has 0 aromatic heterocycles.